The topological polar surface area (TPSA) is 118 Å². The molecule has 2 aliphatic heterocycles. The van der Waals surface area contributed by atoms with Crippen LogP contribution < -0.4 is 5.32 Å². The molecule has 9 nitrogen and oxygen atoms in total. The summed E-state index contributed by atoms with van der Waals surface area (Å²) in [6, 6.07) is -0.371. The van der Waals surface area contributed by atoms with E-state index in [1.165, 1.54) is 10.6 Å². The monoisotopic (exact) mass is 376 g/mol. The van der Waals surface area contributed by atoms with Crippen molar-refractivity contribution < 1.29 is 21.6 Å². The van der Waals surface area contributed by atoms with Gasteiger partial charge in [0.1, 0.15) is 11.5 Å². The average Bonchev–Trinajstić information content (AvgIpc) is 2.95. The lowest BCUT2D eigenvalue weighted by Gasteiger charge is -2.16. The first-order chi connectivity index (χ1) is 11.1. The van der Waals surface area contributed by atoms with Crippen molar-refractivity contribution in [3.05, 3.63) is 17.7 Å². The number of imidazole rings is 1. The highest BCUT2D eigenvalue weighted by atomic mass is 32.2. The molecule has 2 aliphatic rings. The summed E-state index contributed by atoms with van der Waals surface area (Å²) in [5.41, 5.74) is 0.238. The second-order valence-electron chi connectivity index (χ2n) is 6.22. The molecular weight excluding hydrogens is 356 g/mol. The molecular formula is C13H20N4O5S2. The second-order valence-corrected chi connectivity index (χ2v) is 10.4. The van der Waals surface area contributed by atoms with Gasteiger partial charge < -0.3 is 9.88 Å². The van der Waals surface area contributed by atoms with Crippen LogP contribution in [0.15, 0.2) is 6.20 Å². The van der Waals surface area contributed by atoms with Crippen molar-refractivity contribution in [3.63, 3.8) is 0 Å². The van der Waals surface area contributed by atoms with Gasteiger partial charge in [-0.1, -0.05) is 0 Å². The predicted molar refractivity (Wildman–Crippen MR) is 86.9 cm³/mol. The third kappa shape index (κ3) is 3.78. The van der Waals surface area contributed by atoms with E-state index in [1.807, 2.05) is 0 Å². The van der Waals surface area contributed by atoms with Crippen LogP contribution in [0.25, 0.3) is 0 Å². The lowest BCUT2D eigenvalue weighted by molar-refractivity contribution is 0.0936. The van der Waals surface area contributed by atoms with Gasteiger partial charge in [0.05, 0.1) is 17.8 Å². The Labute approximate surface area is 141 Å². The van der Waals surface area contributed by atoms with E-state index in [4.69, 9.17) is 0 Å². The van der Waals surface area contributed by atoms with Crippen LogP contribution in [0.4, 0.5) is 0 Å². The van der Waals surface area contributed by atoms with Crippen LogP contribution in [-0.2, 0) is 32.8 Å². The van der Waals surface area contributed by atoms with Gasteiger partial charge in [-0.15, -0.1) is 0 Å². The van der Waals surface area contributed by atoms with Crippen molar-refractivity contribution in [2.24, 2.45) is 0 Å². The zero-order chi connectivity index (χ0) is 17.5. The maximum absolute atomic E-state index is 12.3. The number of fused-ring (bicyclic) bond motifs is 1. The minimum Gasteiger partial charge on any atom is -0.347 e. The number of aromatic nitrogens is 2. The van der Waals surface area contributed by atoms with Crippen LogP contribution in [-0.4, -0.2) is 73.5 Å². The maximum Gasteiger partial charge on any atom is 0.271 e. The molecule has 134 valence electrons. The van der Waals surface area contributed by atoms with Gasteiger partial charge in [0, 0.05) is 38.3 Å². The Kier molecular flexibility index (Phi) is 4.43. The van der Waals surface area contributed by atoms with Crippen molar-refractivity contribution in [2.45, 2.75) is 25.4 Å². The molecule has 0 aliphatic carbocycles. The van der Waals surface area contributed by atoms with E-state index in [2.05, 4.69) is 10.3 Å². The summed E-state index contributed by atoms with van der Waals surface area (Å²) in [5, 5.41) is 2.71. The number of carbonyl (C=O) groups is 1. The number of rotatable bonds is 3. The van der Waals surface area contributed by atoms with E-state index >= 15 is 0 Å². The molecule has 0 radical (unpaired) electrons. The first-order valence-electron chi connectivity index (χ1n) is 7.66. The van der Waals surface area contributed by atoms with Gasteiger partial charge in [0.25, 0.3) is 5.91 Å². The quantitative estimate of drug-likeness (QED) is 0.694. The largest absolute Gasteiger partial charge is 0.347 e. The van der Waals surface area contributed by atoms with Crippen molar-refractivity contribution in [3.8, 4) is 0 Å². The Morgan fingerprint density at radius 1 is 1.33 bits per heavy atom. The van der Waals surface area contributed by atoms with Gasteiger partial charge in [-0.05, 0) is 6.42 Å². The Morgan fingerprint density at radius 2 is 2.08 bits per heavy atom. The Bertz CT molecular complexity index is 833. The Hall–Kier alpha value is -1.46. The number of nitrogens with zero attached hydrogens (tertiary/aromatic N) is 3. The zero-order valence-electron chi connectivity index (χ0n) is 13.3. The molecule has 3 rings (SSSR count). The van der Waals surface area contributed by atoms with Crippen LogP contribution in [0.5, 0.6) is 0 Å². The number of sulfonamides is 1. The molecule has 3 heterocycles. The summed E-state index contributed by atoms with van der Waals surface area (Å²) in [6.45, 7) is 1.10. The third-order valence-corrected chi connectivity index (χ3v) is 7.37. The highest BCUT2D eigenvalue weighted by Gasteiger charge is 2.30. The van der Waals surface area contributed by atoms with E-state index in [9.17, 15) is 21.6 Å². The molecule has 1 aromatic heterocycles. The predicted octanol–water partition coefficient (Wildman–Crippen LogP) is -1.38. The van der Waals surface area contributed by atoms with E-state index in [0.717, 1.165) is 0 Å². The standard InChI is InChI=1S/C13H20N4O5S2/c1-23(19,20)17-4-2-12-15-11(8-16(12)5-6-17)13(18)14-10-3-7-24(21,22)9-10/h8,10H,2-7,9H2,1H3,(H,14,18). The molecule has 0 spiro atoms. The molecule has 0 saturated carbocycles. The molecule has 1 unspecified atom stereocenters. The van der Waals surface area contributed by atoms with Crippen molar-refractivity contribution >= 4 is 25.8 Å². The van der Waals surface area contributed by atoms with Crippen LogP contribution in [0, 0.1) is 0 Å². The fourth-order valence-electron chi connectivity index (χ4n) is 3.01. The smallest absolute Gasteiger partial charge is 0.271 e. The minimum atomic E-state index is -3.24. The molecule has 11 heteroatoms. The lowest BCUT2D eigenvalue weighted by Crippen LogP contribution is -2.36. The minimum absolute atomic E-state index is 0.0321. The van der Waals surface area contributed by atoms with Gasteiger partial charge in [0.15, 0.2) is 9.84 Å². The summed E-state index contributed by atoms with van der Waals surface area (Å²) in [6.07, 6.45) is 3.62. The van der Waals surface area contributed by atoms with Crippen LogP contribution in [0.3, 0.4) is 0 Å². The second kappa shape index (κ2) is 6.12. The van der Waals surface area contributed by atoms with Gasteiger partial charge >= 0.3 is 0 Å². The number of hydrogen-bond acceptors (Lipinski definition) is 6. The van der Waals surface area contributed by atoms with Gasteiger partial charge in [-0.2, -0.15) is 4.31 Å². The Balaban J connectivity index is 1.67. The van der Waals surface area contributed by atoms with Crippen LogP contribution in [0.1, 0.15) is 22.7 Å². The normalized spacial score (nSPS) is 24.3. The van der Waals surface area contributed by atoms with E-state index < -0.39 is 25.8 Å². The number of nitrogens with one attached hydrogen (secondary N) is 1. The van der Waals surface area contributed by atoms with Crippen molar-refractivity contribution in [1.82, 2.24) is 19.2 Å². The first kappa shape index (κ1) is 17.4. The molecule has 1 saturated heterocycles. The number of sulfone groups is 1. The van der Waals surface area contributed by atoms with Crippen LogP contribution >= 0.6 is 0 Å². The average molecular weight is 376 g/mol. The maximum atomic E-state index is 12.3. The summed E-state index contributed by atoms with van der Waals surface area (Å²) in [5.74, 6) is 0.331. The number of hydrogen-bond donors (Lipinski definition) is 1. The molecule has 1 N–H and O–H groups in total. The molecule has 1 aromatic rings. The third-order valence-electron chi connectivity index (χ3n) is 4.30. The van der Waals surface area contributed by atoms with E-state index in [1.54, 1.807) is 10.8 Å². The fourth-order valence-corrected chi connectivity index (χ4v) is 5.52. The summed E-state index contributed by atoms with van der Waals surface area (Å²) < 4.78 is 49.3. The van der Waals surface area contributed by atoms with Gasteiger partial charge in [0.2, 0.25) is 10.0 Å². The molecule has 1 fully saturated rings. The molecule has 0 bridgehead atoms. The summed E-state index contributed by atoms with van der Waals surface area (Å²) in [7, 11) is -6.30. The first-order valence-corrected chi connectivity index (χ1v) is 11.3. The molecule has 1 atom stereocenters. The number of carbonyl (C=O) groups excluding carboxylic acids is 1. The summed E-state index contributed by atoms with van der Waals surface area (Å²) in [4.78, 5) is 16.5. The molecule has 24 heavy (non-hydrogen) atoms. The van der Waals surface area contributed by atoms with Crippen molar-refractivity contribution in [1.29, 1.82) is 0 Å². The zero-order valence-corrected chi connectivity index (χ0v) is 14.9. The SMILES string of the molecule is CS(=O)(=O)N1CCc2nc(C(=O)NC3CCS(=O)(=O)C3)cn2CC1. The van der Waals surface area contributed by atoms with E-state index in [0.29, 0.717) is 38.3 Å². The lowest BCUT2D eigenvalue weighted by atomic mass is 10.2. The Morgan fingerprint density at radius 3 is 2.71 bits per heavy atom. The summed E-state index contributed by atoms with van der Waals surface area (Å²) >= 11 is 0. The molecule has 0 aromatic carbocycles. The van der Waals surface area contributed by atoms with Crippen molar-refractivity contribution in [2.75, 3.05) is 30.9 Å². The van der Waals surface area contributed by atoms with Crippen LogP contribution in [0.2, 0.25) is 0 Å². The van der Waals surface area contributed by atoms with Gasteiger partial charge in [-0.3, -0.25) is 4.79 Å². The fraction of sp³-hybridized carbons (Fsp3) is 0.692. The van der Waals surface area contributed by atoms with Gasteiger partial charge in [-0.25, -0.2) is 21.8 Å². The van der Waals surface area contributed by atoms with E-state index in [-0.39, 0.29) is 23.2 Å². The number of amides is 1. The highest BCUT2D eigenvalue weighted by Crippen LogP contribution is 2.14. The highest BCUT2D eigenvalue weighted by molar-refractivity contribution is 7.91. The molecule has 1 amide bonds.